The Labute approximate surface area is 232 Å². The number of nitrogens with one attached hydrogen (secondary N) is 2. The number of alkyl carbamates (subject to hydrolysis) is 1. The molecule has 39 heavy (non-hydrogen) atoms. The van der Waals surface area contributed by atoms with Crippen molar-refractivity contribution in [3.8, 4) is 5.75 Å². The SMILES string of the molecule is COc1ccc(NC(=O)C(c2cc(C)cc(C)c2)N(C(=O)C(CC(C)C)NC(=O)OC(C)(C)C)C2CC2)cc1. The molecule has 0 aromatic heterocycles. The summed E-state index contributed by atoms with van der Waals surface area (Å²) in [5, 5.41) is 5.80. The number of hydrogen-bond donors (Lipinski definition) is 2. The first-order valence-electron chi connectivity index (χ1n) is 13.6. The van der Waals surface area contributed by atoms with Crippen LogP contribution in [0.5, 0.6) is 5.75 Å². The Hall–Kier alpha value is -3.55. The summed E-state index contributed by atoms with van der Waals surface area (Å²) in [6.45, 7) is 13.3. The summed E-state index contributed by atoms with van der Waals surface area (Å²) in [7, 11) is 1.59. The molecule has 1 fully saturated rings. The number of ether oxygens (including phenoxy) is 2. The van der Waals surface area contributed by atoms with Gasteiger partial charge in [0.1, 0.15) is 23.4 Å². The fourth-order valence-corrected chi connectivity index (χ4v) is 4.68. The van der Waals surface area contributed by atoms with E-state index in [2.05, 4.69) is 10.6 Å². The molecule has 8 heteroatoms. The molecule has 2 N–H and O–H groups in total. The second-order valence-corrected chi connectivity index (χ2v) is 11.8. The van der Waals surface area contributed by atoms with E-state index in [0.29, 0.717) is 17.9 Å². The van der Waals surface area contributed by atoms with Gasteiger partial charge in [-0.15, -0.1) is 0 Å². The van der Waals surface area contributed by atoms with Gasteiger partial charge in [0.25, 0.3) is 5.91 Å². The minimum Gasteiger partial charge on any atom is -0.497 e. The summed E-state index contributed by atoms with van der Waals surface area (Å²) in [6, 6.07) is 11.2. The second-order valence-electron chi connectivity index (χ2n) is 11.8. The quantitative estimate of drug-likeness (QED) is 0.392. The molecule has 2 atom stereocenters. The molecule has 0 bridgehead atoms. The molecule has 2 aromatic rings. The van der Waals surface area contributed by atoms with Gasteiger partial charge >= 0.3 is 6.09 Å². The van der Waals surface area contributed by atoms with Gasteiger partial charge in [0.15, 0.2) is 0 Å². The lowest BCUT2D eigenvalue weighted by Crippen LogP contribution is -2.53. The predicted octanol–water partition coefficient (Wildman–Crippen LogP) is 5.92. The van der Waals surface area contributed by atoms with E-state index in [1.54, 1.807) is 57.0 Å². The van der Waals surface area contributed by atoms with Crippen LogP contribution < -0.4 is 15.4 Å². The van der Waals surface area contributed by atoms with Crippen LogP contribution in [-0.4, -0.2) is 47.6 Å². The van der Waals surface area contributed by atoms with Crippen molar-refractivity contribution in [2.75, 3.05) is 12.4 Å². The van der Waals surface area contributed by atoms with Gasteiger partial charge in [0.2, 0.25) is 5.91 Å². The van der Waals surface area contributed by atoms with Crippen molar-refractivity contribution < 1.29 is 23.9 Å². The van der Waals surface area contributed by atoms with Gasteiger partial charge in [-0.25, -0.2) is 4.79 Å². The third kappa shape index (κ3) is 8.73. The van der Waals surface area contributed by atoms with Crippen LogP contribution in [0.15, 0.2) is 42.5 Å². The molecule has 0 radical (unpaired) electrons. The molecule has 2 aromatic carbocycles. The molecule has 8 nitrogen and oxygen atoms in total. The third-order valence-electron chi connectivity index (χ3n) is 6.33. The maximum atomic E-state index is 14.2. The lowest BCUT2D eigenvalue weighted by molar-refractivity contribution is -0.141. The van der Waals surface area contributed by atoms with E-state index in [1.807, 2.05) is 45.9 Å². The molecule has 1 saturated carbocycles. The lowest BCUT2D eigenvalue weighted by atomic mass is 9.96. The molecule has 0 heterocycles. The highest BCUT2D eigenvalue weighted by molar-refractivity contribution is 5.99. The smallest absolute Gasteiger partial charge is 0.408 e. The van der Waals surface area contributed by atoms with Crippen LogP contribution >= 0.6 is 0 Å². The minimum atomic E-state index is -0.874. The highest BCUT2D eigenvalue weighted by atomic mass is 16.6. The average Bonchev–Trinajstić information content (AvgIpc) is 3.65. The van der Waals surface area contributed by atoms with Crippen LogP contribution in [0.2, 0.25) is 0 Å². The number of nitrogens with zero attached hydrogens (tertiary/aromatic N) is 1. The normalized spacial score (nSPS) is 14.8. The fraction of sp³-hybridized carbons (Fsp3) is 0.516. The van der Waals surface area contributed by atoms with Crippen LogP contribution in [0.1, 0.15) is 76.6 Å². The number of aryl methyl sites for hydroxylation is 2. The van der Waals surface area contributed by atoms with Crippen LogP contribution in [0.25, 0.3) is 0 Å². The van der Waals surface area contributed by atoms with Crippen molar-refractivity contribution in [1.82, 2.24) is 10.2 Å². The molecular formula is C31H43N3O5. The Kier molecular flexibility index (Phi) is 9.64. The van der Waals surface area contributed by atoms with E-state index in [1.165, 1.54) is 0 Å². The van der Waals surface area contributed by atoms with Crippen LogP contribution in [-0.2, 0) is 14.3 Å². The number of rotatable bonds is 10. The third-order valence-corrected chi connectivity index (χ3v) is 6.33. The summed E-state index contributed by atoms with van der Waals surface area (Å²) < 4.78 is 10.7. The second kappa shape index (κ2) is 12.5. The maximum Gasteiger partial charge on any atom is 0.408 e. The molecule has 0 aliphatic heterocycles. The first-order chi connectivity index (χ1) is 18.3. The number of methoxy groups -OCH3 is 1. The van der Waals surface area contributed by atoms with Crippen molar-refractivity contribution in [2.45, 2.75) is 91.5 Å². The molecule has 3 rings (SSSR count). The molecule has 0 spiro atoms. The molecule has 0 saturated heterocycles. The van der Waals surface area contributed by atoms with E-state index < -0.39 is 23.8 Å². The largest absolute Gasteiger partial charge is 0.497 e. The van der Waals surface area contributed by atoms with Gasteiger partial charge in [-0.3, -0.25) is 9.59 Å². The Morgan fingerprint density at radius 1 is 1.00 bits per heavy atom. The molecule has 2 unspecified atom stereocenters. The average molecular weight is 538 g/mol. The zero-order chi connectivity index (χ0) is 28.9. The molecule has 1 aliphatic carbocycles. The Morgan fingerprint density at radius 2 is 1.59 bits per heavy atom. The number of anilines is 1. The number of hydrogen-bond acceptors (Lipinski definition) is 5. The van der Waals surface area contributed by atoms with Crippen molar-refractivity contribution in [3.63, 3.8) is 0 Å². The zero-order valence-corrected chi connectivity index (χ0v) is 24.5. The molecule has 212 valence electrons. The Balaban J connectivity index is 2.01. The number of carbonyl (C=O) groups is 3. The van der Waals surface area contributed by atoms with Crippen molar-refractivity contribution in [2.24, 2.45) is 5.92 Å². The summed E-state index contributed by atoms with van der Waals surface area (Å²) in [5.41, 5.74) is 2.64. The molecule has 3 amide bonds. The lowest BCUT2D eigenvalue weighted by Gasteiger charge is -2.35. The number of amides is 3. The van der Waals surface area contributed by atoms with Crippen LogP contribution in [0, 0.1) is 19.8 Å². The standard InChI is InChI=1S/C31H43N3O5/c1-19(2)15-26(33-30(37)39-31(5,6)7)29(36)34(24-11-12-24)27(22-17-20(3)16-21(4)18-22)28(35)32-23-9-13-25(38-8)14-10-23/h9-10,13-14,16-19,24,26-27H,11-12,15H2,1-8H3,(H,32,35)(H,33,37). The van der Waals surface area contributed by atoms with E-state index in [-0.39, 0.29) is 23.8 Å². The van der Waals surface area contributed by atoms with Crippen LogP contribution in [0.3, 0.4) is 0 Å². The van der Waals surface area contributed by atoms with E-state index in [4.69, 9.17) is 9.47 Å². The van der Waals surface area contributed by atoms with E-state index in [9.17, 15) is 14.4 Å². The first-order valence-corrected chi connectivity index (χ1v) is 13.6. The minimum absolute atomic E-state index is 0.0972. The van der Waals surface area contributed by atoms with Gasteiger partial charge in [-0.2, -0.15) is 0 Å². The van der Waals surface area contributed by atoms with Crippen molar-refractivity contribution in [1.29, 1.82) is 0 Å². The van der Waals surface area contributed by atoms with Crippen molar-refractivity contribution in [3.05, 3.63) is 59.2 Å². The highest BCUT2D eigenvalue weighted by Gasteiger charge is 2.44. The Bertz CT molecular complexity index is 1150. The van der Waals surface area contributed by atoms with E-state index in [0.717, 1.165) is 29.5 Å². The van der Waals surface area contributed by atoms with Crippen LogP contribution in [0.4, 0.5) is 10.5 Å². The predicted molar refractivity (Wildman–Crippen MR) is 153 cm³/mol. The van der Waals surface area contributed by atoms with Gasteiger partial charge in [-0.05, 0) is 89.6 Å². The number of benzene rings is 2. The summed E-state index contributed by atoms with van der Waals surface area (Å²) in [5.74, 6) is 0.207. The zero-order valence-electron chi connectivity index (χ0n) is 24.5. The van der Waals surface area contributed by atoms with Gasteiger partial charge in [-0.1, -0.05) is 43.2 Å². The van der Waals surface area contributed by atoms with Crippen molar-refractivity contribution >= 4 is 23.6 Å². The monoisotopic (exact) mass is 537 g/mol. The Morgan fingerprint density at radius 3 is 2.08 bits per heavy atom. The van der Waals surface area contributed by atoms with E-state index >= 15 is 0 Å². The van der Waals surface area contributed by atoms with Gasteiger partial charge in [0.05, 0.1) is 7.11 Å². The first kappa shape index (κ1) is 30.0. The highest BCUT2D eigenvalue weighted by Crippen LogP contribution is 2.37. The summed E-state index contributed by atoms with van der Waals surface area (Å²) in [4.78, 5) is 42.6. The fourth-order valence-electron chi connectivity index (χ4n) is 4.68. The summed E-state index contributed by atoms with van der Waals surface area (Å²) >= 11 is 0. The number of carbonyl (C=O) groups excluding carboxylic acids is 3. The maximum absolute atomic E-state index is 14.2. The van der Waals surface area contributed by atoms with Gasteiger partial charge < -0.3 is 25.0 Å². The molecular weight excluding hydrogens is 494 g/mol. The van der Waals surface area contributed by atoms with Gasteiger partial charge in [0, 0.05) is 11.7 Å². The molecule has 1 aliphatic rings. The summed E-state index contributed by atoms with van der Waals surface area (Å²) in [6.07, 6.45) is 1.36. The topological polar surface area (TPSA) is 97.0 Å².